The van der Waals surface area contributed by atoms with Crippen LogP contribution in [0, 0.1) is 0 Å². The Hall–Kier alpha value is -3.35. The number of carbonyl (C=O) groups is 1. The maximum atomic E-state index is 13.1. The zero-order valence-electron chi connectivity index (χ0n) is 20.0. The Morgan fingerprint density at radius 2 is 1.77 bits per heavy atom. The van der Waals surface area contributed by atoms with Crippen molar-refractivity contribution in [2.45, 2.75) is 26.5 Å². The third-order valence-electron chi connectivity index (χ3n) is 6.23. The Morgan fingerprint density at radius 3 is 2.51 bits per heavy atom. The summed E-state index contributed by atoms with van der Waals surface area (Å²) in [5.41, 5.74) is 4.74. The van der Waals surface area contributed by atoms with E-state index in [0.717, 1.165) is 48.0 Å². The number of halogens is 1. The summed E-state index contributed by atoms with van der Waals surface area (Å²) in [5.74, 6) is 0.780. The Morgan fingerprint density at radius 1 is 1.00 bits per heavy atom. The highest BCUT2D eigenvalue weighted by Crippen LogP contribution is 2.27. The number of ether oxygens (including phenoxy) is 1. The lowest BCUT2D eigenvalue weighted by atomic mass is 10.1. The smallest absolute Gasteiger partial charge is 0.254 e. The SMILES string of the molecule is CC(C)Oc1cccc(C(=O)N2CCN(Cc3c(-c4ccc(Cl)cc4)nc4ccccn34)CC2)c1. The Balaban J connectivity index is 1.30. The first-order valence-corrected chi connectivity index (χ1v) is 12.4. The molecule has 1 fully saturated rings. The van der Waals surface area contributed by atoms with E-state index in [0.29, 0.717) is 23.7 Å². The minimum atomic E-state index is 0.0514. The van der Waals surface area contributed by atoms with Crippen LogP contribution in [0.2, 0.25) is 5.02 Å². The number of nitrogens with zero attached hydrogens (tertiary/aromatic N) is 4. The molecule has 5 rings (SSSR count). The largest absolute Gasteiger partial charge is 0.491 e. The summed E-state index contributed by atoms with van der Waals surface area (Å²) in [6.07, 6.45) is 2.13. The molecular weight excluding hydrogens is 460 g/mol. The molecule has 0 N–H and O–H groups in total. The van der Waals surface area contributed by atoms with Crippen molar-refractivity contribution >= 4 is 23.2 Å². The fourth-order valence-corrected chi connectivity index (χ4v) is 4.64. The first-order valence-electron chi connectivity index (χ1n) is 12.0. The van der Waals surface area contributed by atoms with Crippen LogP contribution in [0.15, 0.2) is 72.9 Å². The van der Waals surface area contributed by atoms with E-state index >= 15 is 0 Å². The lowest BCUT2D eigenvalue weighted by Gasteiger charge is -2.34. The number of pyridine rings is 1. The number of benzene rings is 2. The summed E-state index contributed by atoms with van der Waals surface area (Å²) < 4.78 is 7.92. The molecular formula is C28H29ClN4O2. The van der Waals surface area contributed by atoms with Crippen LogP contribution in [0.25, 0.3) is 16.9 Å². The van der Waals surface area contributed by atoms with Crippen LogP contribution in [0.5, 0.6) is 5.75 Å². The predicted molar refractivity (Wildman–Crippen MR) is 139 cm³/mol. The van der Waals surface area contributed by atoms with E-state index in [1.54, 1.807) is 0 Å². The van der Waals surface area contributed by atoms with Crippen LogP contribution in [-0.2, 0) is 6.54 Å². The first kappa shape index (κ1) is 23.4. The molecule has 3 heterocycles. The van der Waals surface area contributed by atoms with Gasteiger partial charge in [0.15, 0.2) is 0 Å². The normalized spacial score (nSPS) is 14.6. The molecule has 0 saturated carbocycles. The van der Waals surface area contributed by atoms with Gasteiger partial charge in [-0.2, -0.15) is 0 Å². The maximum absolute atomic E-state index is 13.1. The van der Waals surface area contributed by atoms with Crippen LogP contribution in [0.3, 0.4) is 0 Å². The third-order valence-corrected chi connectivity index (χ3v) is 6.48. The average molecular weight is 489 g/mol. The molecule has 4 aromatic rings. The zero-order valence-corrected chi connectivity index (χ0v) is 20.8. The molecule has 0 spiro atoms. The van der Waals surface area contributed by atoms with Gasteiger partial charge in [-0.1, -0.05) is 35.9 Å². The molecule has 35 heavy (non-hydrogen) atoms. The molecule has 1 aliphatic heterocycles. The van der Waals surface area contributed by atoms with Gasteiger partial charge in [-0.15, -0.1) is 0 Å². The van der Waals surface area contributed by atoms with Gasteiger partial charge in [0.25, 0.3) is 5.91 Å². The number of aromatic nitrogens is 2. The monoisotopic (exact) mass is 488 g/mol. The van der Waals surface area contributed by atoms with Crippen molar-refractivity contribution < 1.29 is 9.53 Å². The highest BCUT2D eigenvalue weighted by molar-refractivity contribution is 6.30. The number of fused-ring (bicyclic) bond motifs is 1. The zero-order chi connectivity index (χ0) is 24.4. The average Bonchev–Trinajstić information content (AvgIpc) is 3.22. The van der Waals surface area contributed by atoms with Gasteiger partial charge in [0.1, 0.15) is 11.4 Å². The number of rotatable bonds is 6. The lowest BCUT2D eigenvalue weighted by molar-refractivity contribution is 0.0626. The summed E-state index contributed by atoms with van der Waals surface area (Å²) in [7, 11) is 0. The molecule has 0 aliphatic carbocycles. The van der Waals surface area contributed by atoms with Crippen molar-refractivity contribution in [1.82, 2.24) is 19.2 Å². The summed E-state index contributed by atoms with van der Waals surface area (Å²) in [6, 6.07) is 21.4. The van der Waals surface area contributed by atoms with Crippen LogP contribution in [0.4, 0.5) is 0 Å². The summed E-state index contributed by atoms with van der Waals surface area (Å²) >= 11 is 6.11. The molecule has 1 aliphatic rings. The lowest BCUT2D eigenvalue weighted by Crippen LogP contribution is -2.48. The fourth-order valence-electron chi connectivity index (χ4n) is 4.51. The Bertz CT molecular complexity index is 1320. The van der Waals surface area contributed by atoms with Gasteiger partial charge in [-0.3, -0.25) is 9.69 Å². The standard InChI is InChI=1S/C28H29ClN4O2/c1-20(2)35-24-7-5-6-22(18-24)28(34)32-16-14-31(15-17-32)19-25-27(21-9-11-23(29)12-10-21)30-26-8-3-4-13-33(25)26/h3-13,18,20H,14-17,19H2,1-2H3. The molecule has 6 nitrogen and oxygen atoms in total. The molecule has 1 saturated heterocycles. The van der Waals surface area contributed by atoms with Gasteiger partial charge in [-0.25, -0.2) is 4.98 Å². The molecule has 0 radical (unpaired) electrons. The van der Waals surface area contributed by atoms with Gasteiger partial charge in [0.05, 0.1) is 17.5 Å². The molecule has 2 aromatic carbocycles. The number of carbonyl (C=O) groups excluding carboxylic acids is 1. The molecule has 0 bridgehead atoms. The summed E-state index contributed by atoms with van der Waals surface area (Å²) in [6.45, 7) is 7.68. The van der Waals surface area contributed by atoms with Crippen LogP contribution in [-0.4, -0.2) is 57.4 Å². The van der Waals surface area contributed by atoms with Crippen molar-refractivity contribution in [3.05, 3.63) is 89.2 Å². The number of hydrogen-bond acceptors (Lipinski definition) is 4. The number of piperazine rings is 1. The molecule has 0 atom stereocenters. The van der Waals surface area contributed by atoms with Crippen LogP contribution < -0.4 is 4.74 Å². The molecule has 2 aromatic heterocycles. The Labute approximate surface area is 210 Å². The van der Waals surface area contributed by atoms with Gasteiger partial charge >= 0.3 is 0 Å². The highest BCUT2D eigenvalue weighted by Gasteiger charge is 2.24. The highest BCUT2D eigenvalue weighted by atomic mass is 35.5. The van der Waals surface area contributed by atoms with Crippen molar-refractivity contribution in [1.29, 1.82) is 0 Å². The molecule has 0 unspecified atom stereocenters. The topological polar surface area (TPSA) is 50.1 Å². The number of hydrogen-bond donors (Lipinski definition) is 0. The second-order valence-electron chi connectivity index (χ2n) is 9.11. The Kier molecular flexibility index (Phi) is 6.75. The number of imidazole rings is 1. The summed E-state index contributed by atoms with van der Waals surface area (Å²) in [5, 5.41) is 0.709. The predicted octanol–water partition coefficient (Wildman–Crippen LogP) is 5.40. The van der Waals surface area contributed by atoms with E-state index in [9.17, 15) is 4.79 Å². The second kappa shape index (κ2) is 10.1. The molecule has 7 heteroatoms. The first-order chi connectivity index (χ1) is 17.0. The van der Waals surface area contributed by atoms with Crippen molar-refractivity contribution in [2.75, 3.05) is 26.2 Å². The fraction of sp³-hybridized carbons (Fsp3) is 0.286. The van der Waals surface area contributed by atoms with E-state index in [1.807, 2.05) is 85.5 Å². The molecule has 180 valence electrons. The minimum absolute atomic E-state index is 0.0514. The van der Waals surface area contributed by atoms with Crippen LogP contribution >= 0.6 is 11.6 Å². The van der Waals surface area contributed by atoms with E-state index in [-0.39, 0.29) is 12.0 Å². The van der Waals surface area contributed by atoms with Gasteiger partial charge < -0.3 is 14.0 Å². The number of amides is 1. The van der Waals surface area contributed by atoms with E-state index in [1.165, 1.54) is 0 Å². The van der Waals surface area contributed by atoms with Crippen LogP contribution in [0.1, 0.15) is 29.9 Å². The van der Waals surface area contributed by atoms with E-state index in [4.69, 9.17) is 21.3 Å². The van der Waals surface area contributed by atoms with Gasteiger partial charge in [-0.05, 0) is 56.3 Å². The third kappa shape index (κ3) is 5.19. The van der Waals surface area contributed by atoms with E-state index < -0.39 is 0 Å². The summed E-state index contributed by atoms with van der Waals surface area (Å²) in [4.78, 5) is 22.4. The van der Waals surface area contributed by atoms with Crippen molar-refractivity contribution in [2.24, 2.45) is 0 Å². The quantitative estimate of drug-likeness (QED) is 0.364. The maximum Gasteiger partial charge on any atom is 0.254 e. The molecule has 1 amide bonds. The van der Waals surface area contributed by atoms with Gasteiger partial charge in [0.2, 0.25) is 0 Å². The van der Waals surface area contributed by atoms with E-state index in [2.05, 4.69) is 15.5 Å². The van der Waals surface area contributed by atoms with Crippen molar-refractivity contribution in [3.8, 4) is 17.0 Å². The minimum Gasteiger partial charge on any atom is -0.491 e. The van der Waals surface area contributed by atoms with Crippen molar-refractivity contribution in [3.63, 3.8) is 0 Å². The second-order valence-corrected chi connectivity index (χ2v) is 9.54. The van der Waals surface area contributed by atoms with Gasteiger partial charge in [0, 0.05) is 55.1 Å².